The fraction of sp³-hybridized carbons (Fsp3) is 0.412. The van der Waals surface area contributed by atoms with Gasteiger partial charge in [-0.1, -0.05) is 23.9 Å². The summed E-state index contributed by atoms with van der Waals surface area (Å²) in [6.45, 7) is 3.02. The molecule has 1 unspecified atom stereocenters. The summed E-state index contributed by atoms with van der Waals surface area (Å²) in [6, 6.07) is 7.41. The lowest BCUT2D eigenvalue weighted by Crippen LogP contribution is -2.28. The van der Waals surface area contributed by atoms with Gasteiger partial charge in [-0.15, -0.1) is 10.2 Å². The van der Waals surface area contributed by atoms with Crippen LogP contribution in [0.15, 0.2) is 38.6 Å². The second-order valence-electron chi connectivity index (χ2n) is 5.97. The molecular weight excluding hydrogens is 340 g/mol. The summed E-state index contributed by atoms with van der Waals surface area (Å²) in [5.74, 6) is 1.52. The topological polar surface area (TPSA) is 83.0 Å². The van der Waals surface area contributed by atoms with Gasteiger partial charge in [-0.05, 0) is 25.0 Å². The van der Waals surface area contributed by atoms with E-state index < -0.39 is 0 Å². The Morgan fingerprint density at radius 1 is 1.32 bits per heavy atom. The van der Waals surface area contributed by atoms with Crippen LogP contribution >= 0.6 is 11.8 Å². The lowest BCUT2D eigenvalue weighted by atomic mass is 10.2. The van der Waals surface area contributed by atoms with Crippen LogP contribution in [0, 0.1) is 6.92 Å². The van der Waals surface area contributed by atoms with Gasteiger partial charge in [0.15, 0.2) is 5.16 Å². The maximum Gasteiger partial charge on any atom is 0.262 e. The monoisotopic (exact) mass is 358 g/mol. The van der Waals surface area contributed by atoms with Gasteiger partial charge in [0.05, 0.1) is 29.3 Å². The summed E-state index contributed by atoms with van der Waals surface area (Å²) in [6.07, 6.45) is 2.06. The molecule has 0 saturated carbocycles. The quantitative estimate of drug-likeness (QED) is 0.512. The predicted octanol–water partition coefficient (Wildman–Crippen LogP) is 2.56. The van der Waals surface area contributed by atoms with Crippen LogP contribution in [0.4, 0.5) is 0 Å². The van der Waals surface area contributed by atoms with Crippen molar-refractivity contribution in [1.82, 2.24) is 19.7 Å². The highest BCUT2D eigenvalue weighted by atomic mass is 32.2. The average molecular weight is 358 g/mol. The number of rotatable bonds is 5. The first-order chi connectivity index (χ1) is 12.2. The van der Waals surface area contributed by atoms with E-state index in [9.17, 15) is 4.79 Å². The summed E-state index contributed by atoms with van der Waals surface area (Å²) in [5, 5.41) is 9.11. The minimum atomic E-state index is -0.0368. The zero-order valence-corrected chi connectivity index (χ0v) is 14.7. The van der Waals surface area contributed by atoms with Gasteiger partial charge in [0.2, 0.25) is 11.8 Å². The number of thioether (sulfide) groups is 1. The smallest absolute Gasteiger partial charge is 0.262 e. The molecule has 2 aromatic heterocycles. The Morgan fingerprint density at radius 2 is 2.20 bits per heavy atom. The molecule has 0 bridgehead atoms. The van der Waals surface area contributed by atoms with E-state index >= 15 is 0 Å². The molecule has 0 spiro atoms. The Morgan fingerprint density at radius 3 is 2.96 bits per heavy atom. The van der Waals surface area contributed by atoms with Crippen molar-refractivity contribution in [1.29, 1.82) is 0 Å². The van der Waals surface area contributed by atoms with Gasteiger partial charge in [-0.2, -0.15) is 0 Å². The summed E-state index contributed by atoms with van der Waals surface area (Å²) in [4.78, 5) is 17.6. The van der Waals surface area contributed by atoms with Crippen molar-refractivity contribution >= 4 is 22.7 Å². The van der Waals surface area contributed by atoms with Crippen LogP contribution in [-0.4, -0.2) is 32.5 Å². The normalized spacial score (nSPS) is 17.4. The van der Waals surface area contributed by atoms with Crippen molar-refractivity contribution < 1.29 is 9.15 Å². The second kappa shape index (κ2) is 6.97. The highest BCUT2D eigenvalue weighted by Gasteiger charge is 2.20. The Hall–Kier alpha value is -2.19. The zero-order valence-electron chi connectivity index (χ0n) is 13.8. The molecule has 0 aliphatic carbocycles. The summed E-state index contributed by atoms with van der Waals surface area (Å²) in [5.41, 5.74) is 0.658. The van der Waals surface area contributed by atoms with Crippen LogP contribution in [0.5, 0.6) is 0 Å². The maximum absolute atomic E-state index is 13.0. The Bertz CT molecular complexity index is 946. The van der Waals surface area contributed by atoms with E-state index in [0.29, 0.717) is 40.1 Å². The minimum Gasteiger partial charge on any atom is -0.425 e. The van der Waals surface area contributed by atoms with Crippen molar-refractivity contribution in [3.05, 3.63) is 46.4 Å². The molecule has 1 saturated heterocycles. The summed E-state index contributed by atoms with van der Waals surface area (Å²) >= 11 is 1.43. The largest absolute Gasteiger partial charge is 0.425 e. The van der Waals surface area contributed by atoms with Crippen molar-refractivity contribution in [3.63, 3.8) is 0 Å². The van der Waals surface area contributed by atoms with Gasteiger partial charge < -0.3 is 9.15 Å². The van der Waals surface area contributed by atoms with Gasteiger partial charge >= 0.3 is 0 Å². The third-order valence-electron chi connectivity index (χ3n) is 4.13. The molecule has 130 valence electrons. The summed E-state index contributed by atoms with van der Waals surface area (Å²) in [7, 11) is 0. The molecule has 25 heavy (non-hydrogen) atoms. The molecule has 3 aromatic rings. The third kappa shape index (κ3) is 3.45. The molecule has 7 nitrogen and oxygen atoms in total. The fourth-order valence-corrected chi connectivity index (χ4v) is 3.78. The average Bonchev–Trinajstić information content (AvgIpc) is 3.27. The van der Waals surface area contributed by atoms with Crippen LogP contribution in [0.2, 0.25) is 0 Å². The van der Waals surface area contributed by atoms with E-state index in [0.717, 1.165) is 19.4 Å². The first kappa shape index (κ1) is 16.3. The zero-order chi connectivity index (χ0) is 17.2. The number of aryl methyl sites for hydroxylation is 1. The lowest BCUT2D eigenvalue weighted by Gasteiger charge is -2.16. The van der Waals surface area contributed by atoms with Gasteiger partial charge in [-0.25, -0.2) is 4.98 Å². The first-order valence-electron chi connectivity index (χ1n) is 8.23. The van der Waals surface area contributed by atoms with E-state index in [1.807, 2.05) is 24.3 Å². The SMILES string of the molecule is Cc1nnc(CSc2nc3ccccc3c(=O)n2CC2CCCO2)o1. The molecule has 1 aliphatic heterocycles. The number of benzene rings is 1. The number of hydrogen-bond donors (Lipinski definition) is 0. The Balaban J connectivity index is 1.70. The van der Waals surface area contributed by atoms with Gasteiger partial charge in [0, 0.05) is 13.5 Å². The molecule has 1 aliphatic rings. The van der Waals surface area contributed by atoms with Crippen LogP contribution in [-0.2, 0) is 17.0 Å². The van der Waals surface area contributed by atoms with Gasteiger partial charge in [0.25, 0.3) is 5.56 Å². The second-order valence-corrected chi connectivity index (χ2v) is 6.91. The number of ether oxygens (including phenoxy) is 1. The fourth-order valence-electron chi connectivity index (χ4n) is 2.93. The van der Waals surface area contributed by atoms with Gasteiger partial charge in [0.1, 0.15) is 0 Å². The van der Waals surface area contributed by atoms with Crippen molar-refractivity contribution in [3.8, 4) is 0 Å². The van der Waals surface area contributed by atoms with E-state index in [-0.39, 0.29) is 11.7 Å². The highest BCUT2D eigenvalue weighted by molar-refractivity contribution is 7.98. The molecule has 0 radical (unpaired) electrons. The van der Waals surface area contributed by atoms with E-state index in [4.69, 9.17) is 9.15 Å². The molecule has 1 fully saturated rings. The Labute approximate surface area is 148 Å². The number of para-hydroxylation sites is 1. The summed E-state index contributed by atoms with van der Waals surface area (Å²) < 4.78 is 12.8. The van der Waals surface area contributed by atoms with Crippen molar-refractivity contribution in [2.75, 3.05) is 6.61 Å². The van der Waals surface area contributed by atoms with E-state index in [1.165, 1.54) is 11.8 Å². The number of hydrogen-bond acceptors (Lipinski definition) is 7. The maximum atomic E-state index is 13.0. The van der Waals surface area contributed by atoms with Crippen LogP contribution in [0.1, 0.15) is 24.6 Å². The van der Waals surface area contributed by atoms with E-state index in [1.54, 1.807) is 11.5 Å². The van der Waals surface area contributed by atoms with Crippen LogP contribution in [0.25, 0.3) is 10.9 Å². The van der Waals surface area contributed by atoms with E-state index in [2.05, 4.69) is 15.2 Å². The highest BCUT2D eigenvalue weighted by Crippen LogP contribution is 2.23. The number of aromatic nitrogens is 4. The molecule has 4 rings (SSSR count). The third-order valence-corrected chi connectivity index (χ3v) is 5.09. The number of fused-ring (bicyclic) bond motifs is 1. The van der Waals surface area contributed by atoms with Gasteiger partial charge in [-0.3, -0.25) is 9.36 Å². The molecule has 0 N–H and O–H groups in total. The minimum absolute atomic E-state index is 0.0368. The molecule has 1 atom stereocenters. The molecule has 8 heteroatoms. The Kier molecular flexibility index (Phi) is 4.54. The van der Waals surface area contributed by atoms with Crippen molar-refractivity contribution in [2.24, 2.45) is 0 Å². The van der Waals surface area contributed by atoms with Crippen LogP contribution < -0.4 is 5.56 Å². The standard InChI is InChI=1S/C17H18N4O3S/c1-11-19-20-15(24-11)10-25-17-18-14-7-3-2-6-13(14)16(22)21(17)9-12-5-4-8-23-12/h2-3,6-7,12H,4-5,8-10H2,1H3. The molecule has 1 aromatic carbocycles. The van der Waals surface area contributed by atoms with Crippen LogP contribution in [0.3, 0.4) is 0 Å². The first-order valence-corrected chi connectivity index (χ1v) is 9.22. The molecular formula is C17H18N4O3S. The predicted molar refractivity (Wildman–Crippen MR) is 93.6 cm³/mol. The number of nitrogens with zero attached hydrogens (tertiary/aromatic N) is 4. The molecule has 3 heterocycles. The molecule has 0 amide bonds. The lowest BCUT2D eigenvalue weighted by molar-refractivity contribution is 0.0937. The van der Waals surface area contributed by atoms with Crippen molar-refractivity contribution in [2.45, 2.75) is 43.3 Å².